The number of hydrogen-bond donors (Lipinski definition) is 0. The topological polar surface area (TPSA) is 131 Å². The van der Waals surface area contributed by atoms with Crippen LogP contribution in [0.25, 0.3) is 23.4 Å². The minimum absolute atomic E-state index is 0.0448. The van der Waals surface area contributed by atoms with Crippen molar-refractivity contribution in [3.05, 3.63) is 133 Å². The first-order valence-corrected chi connectivity index (χ1v) is 15.0. The molecular formula is C34H32BClN4O6. The van der Waals surface area contributed by atoms with Gasteiger partial charge in [-0.15, -0.1) is 0 Å². The predicted octanol–water partition coefficient (Wildman–Crippen LogP) is 7.42. The number of halogens is 1. The molecule has 0 radical (unpaired) electrons. The Morgan fingerprint density at radius 3 is 1.87 bits per heavy atom. The molecule has 4 aromatic rings. The molecule has 1 saturated heterocycles. The first-order chi connectivity index (χ1) is 21.9. The summed E-state index contributed by atoms with van der Waals surface area (Å²) < 4.78 is 12.1. The molecule has 12 heteroatoms. The van der Waals surface area contributed by atoms with Gasteiger partial charge in [0.15, 0.2) is 0 Å². The molecule has 234 valence electrons. The number of benzene rings is 2. The smallest absolute Gasteiger partial charge is 0.399 e. The molecule has 0 unspecified atom stereocenters. The summed E-state index contributed by atoms with van der Waals surface area (Å²) in [6.45, 7) is 8.34. The standard InChI is InChI=1S/C15H19BO2.C14H10N2O2.C5H3ClN2O2/c1-14(2)15(3,4)18-16(17-14)13-9-8-11-6-5-7-12(11)10-13;17-16(18)13-5-2-8-15-14(13)12-7-6-10-3-1-4-11(10)9-12;6-5-4(8(9)10)2-1-3-7-5/h5-6,8-10H,7H2,1-4H3;1-3,5-9H,4H2;1-3H. The number of fused-ring (bicyclic) bond motifs is 2. The van der Waals surface area contributed by atoms with Gasteiger partial charge in [-0.25, -0.2) is 9.97 Å². The summed E-state index contributed by atoms with van der Waals surface area (Å²) in [6.07, 6.45) is 13.4. The van der Waals surface area contributed by atoms with Crippen LogP contribution in [0.5, 0.6) is 0 Å². The van der Waals surface area contributed by atoms with E-state index in [1.165, 1.54) is 46.6 Å². The summed E-state index contributed by atoms with van der Waals surface area (Å²) in [7, 11) is -0.249. The SMILES string of the molecule is CC1(C)OB(c2ccc3c(c2)CC=C3)OC1(C)C.O=[N+]([O-])c1cccnc1-c1ccc2c(c1)CC=C2.O=[N+]([O-])c1cccnc1Cl. The van der Waals surface area contributed by atoms with E-state index in [1.54, 1.807) is 12.3 Å². The zero-order valence-electron chi connectivity index (χ0n) is 25.8. The van der Waals surface area contributed by atoms with Crippen molar-refractivity contribution in [3.8, 4) is 11.3 Å². The summed E-state index contributed by atoms with van der Waals surface area (Å²) in [6, 6.07) is 18.1. The number of aromatic nitrogens is 2. The molecule has 0 bridgehead atoms. The summed E-state index contributed by atoms with van der Waals surface area (Å²) >= 11 is 5.37. The predicted molar refractivity (Wildman–Crippen MR) is 180 cm³/mol. The van der Waals surface area contributed by atoms with Crippen molar-refractivity contribution >= 4 is 47.7 Å². The molecule has 0 saturated carbocycles. The second-order valence-corrected chi connectivity index (χ2v) is 12.2. The first kappa shape index (κ1) is 32.7. The molecule has 7 rings (SSSR count). The Kier molecular flexibility index (Phi) is 9.48. The van der Waals surface area contributed by atoms with Crippen LogP contribution in [0.3, 0.4) is 0 Å². The van der Waals surface area contributed by atoms with Gasteiger partial charge in [0.25, 0.3) is 5.69 Å². The molecule has 3 heterocycles. The maximum atomic E-state index is 11.0. The van der Waals surface area contributed by atoms with E-state index in [9.17, 15) is 20.2 Å². The van der Waals surface area contributed by atoms with Crippen LogP contribution in [0.1, 0.15) is 49.9 Å². The number of rotatable bonds is 4. The van der Waals surface area contributed by atoms with Crippen molar-refractivity contribution in [1.82, 2.24) is 9.97 Å². The summed E-state index contributed by atoms with van der Waals surface area (Å²) in [5.74, 6) is 0. The lowest BCUT2D eigenvalue weighted by atomic mass is 9.78. The maximum Gasteiger partial charge on any atom is 0.494 e. The highest BCUT2D eigenvalue weighted by Crippen LogP contribution is 2.37. The highest BCUT2D eigenvalue weighted by Gasteiger charge is 2.51. The molecule has 1 aliphatic heterocycles. The van der Waals surface area contributed by atoms with Crippen molar-refractivity contribution in [1.29, 1.82) is 0 Å². The van der Waals surface area contributed by atoms with E-state index in [-0.39, 0.29) is 34.8 Å². The molecular weight excluding hydrogens is 607 g/mol. The van der Waals surface area contributed by atoms with E-state index in [0.717, 1.165) is 23.9 Å². The number of nitro groups is 2. The summed E-state index contributed by atoms with van der Waals surface area (Å²) in [5, 5.41) is 21.0. The summed E-state index contributed by atoms with van der Waals surface area (Å²) in [4.78, 5) is 27.8. The molecule has 3 aliphatic rings. The lowest BCUT2D eigenvalue weighted by molar-refractivity contribution is -0.385. The van der Waals surface area contributed by atoms with E-state index < -0.39 is 9.85 Å². The van der Waals surface area contributed by atoms with Crippen molar-refractivity contribution in [3.63, 3.8) is 0 Å². The van der Waals surface area contributed by atoms with Gasteiger partial charge in [-0.05, 0) is 86.5 Å². The highest BCUT2D eigenvalue weighted by atomic mass is 35.5. The number of nitrogens with zero attached hydrogens (tertiary/aromatic N) is 4. The third-order valence-electron chi connectivity index (χ3n) is 8.30. The molecule has 2 aromatic carbocycles. The molecule has 0 amide bonds. The normalized spacial score (nSPS) is 16.1. The molecule has 1 fully saturated rings. The van der Waals surface area contributed by atoms with Gasteiger partial charge in [-0.2, -0.15) is 0 Å². The average molecular weight is 639 g/mol. The lowest BCUT2D eigenvalue weighted by Crippen LogP contribution is -2.41. The largest absolute Gasteiger partial charge is 0.494 e. The van der Waals surface area contributed by atoms with Gasteiger partial charge in [0.05, 0.1) is 21.0 Å². The van der Waals surface area contributed by atoms with E-state index in [0.29, 0.717) is 5.69 Å². The fraction of sp³-hybridized carbons (Fsp3) is 0.235. The Morgan fingerprint density at radius 2 is 1.30 bits per heavy atom. The van der Waals surface area contributed by atoms with E-state index in [4.69, 9.17) is 20.9 Å². The van der Waals surface area contributed by atoms with Crippen LogP contribution in [-0.4, -0.2) is 38.1 Å². The van der Waals surface area contributed by atoms with Crippen LogP contribution in [-0.2, 0) is 22.2 Å². The van der Waals surface area contributed by atoms with Crippen LogP contribution >= 0.6 is 11.6 Å². The van der Waals surface area contributed by atoms with Crippen molar-refractivity contribution in [2.24, 2.45) is 0 Å². The van der Waals surface area contributed by atoms with Gasteiger partial charge in [-0.3, -0.25) is 20.2 Å². The van der Waals surface area contributed by atoms with Crippen LogP contribution in [0, 0.1) is 20.2 Å². The Morgan fingerprint density at radius 1 is 0.761 bits per heavy atom. The van der Waals surface area contributed by atoms with Crippen molar-refractivity contribution < 1.29 is 19.2 Å². The number of hydrogen-bond acceptors (Lipinski definition) is 8. The second kappa shape index (κ2) is 13.3. The molecule has 46 heavy (non-hydrogen) atoms. The molecule has 2 aromatic heterocycles. The molecule has 0 spiro atoms. The quantitative estimate of drug-likeness (QED) is 0.0976. The fourth-order valence-corrected chi connectivity index (χ4v) is 5.28. The maximum absolute atomic E-state index is 11.0. The van der Waals surface area contributed by atoms with Gasteiger partial charge >= 0.3 is 12.8 Å². The zero-order valence-corrected chi connectivity index (χ0v) is 26.6. The molecule has 2 aliphatic carbocycles. The Balaban J connectivity index is 0.000000142. The Hall–Kier alpha value is -4.71. The molecule has 0 N–H and O–H groups in total. The lowest BCUT2D eigenvalue weighted by Gasteiger charge is -2.32. The minimum atomic E-state index is -0.574. The Bertz CT molecular complexity index is 1840. The first-order valence-electron chi connectivity index (χ1n) is 14.7. The third-order valence-corrected chi connectivity index (χ3v) is 8.59. The van der Waals surface area contributed by atoms with Gasteiger partial charge in [0.2, 0.25) is 5.15 Å². The fourth-order valence-electron chi connectivity index (χ4n) is 5.09. The molecule has 0 atom stereocenters. The van der Waals surface area contributed by atoms with Gasteiger partial charge in [0, 0.05) is 30.1 Å². The zero-order chi connectivity index (χ0) is 33.1. The van der Waals surface area contributed by atoms with Crippen LogP contribution in [0.4, 0.5) is 11.4 Å². The highest BCUT2D eigenvalue weighted by molar-refractivity contribution is 6.62. The van der Waals surface area contributed by atoms with Crippen LogP contribution in [0.2, 0.25) is 5.15 Å². The third kappa shape index (κ3) is 7.07. The second-order valence-electron chi connectivity index (χ2n) is 11.9. The van der Waals surface area contributed by atoms with Crippen molar-refractivity contribution in [2.75, 3.05) is 0 Å². The number of allylic oxidation sites excluding steroid dienone is 2. The Labute approximate surface area is 272 Å². The number of pyridine rings is 2. The van der Waals surface area contributed by atoms with Gasteiger partial charge < -0.3 is 9.31 Å². The average Bonchev–Trinajstić information content (AvgIpc) is 3.74. The van der Waals surface area contributed by atoms with Crippen LogP contribution < -0.4 is 5.46 Å². The monoisotopic (exact) mass is 638 g/mol. The molecule has 10 nitrogen and oxygen atoms in total. The van der Waals surface area contributed by atoms with Gasteiger partial charge in [-0.1, -0.05) is 66.2 Å². The van der Waals surface area contributed by atoms with Gasteiger partial charge in [0.1, 0.15) is 5.69 Å². The van der Waals surface area contributed by atoms with Crippen LogP contribution in [0.15, 0.2) is 85.2 Å². The van der Waals surface area contributed by atoms with E-state index >= 15 is 0 Å². The summed E-state index contributed by atoms with van der Waals surface area (Å²) in [5.41, 5.74) is 6.73. The minimum Gasteiger partial charge on any atom is -0.399 e. The van der Waals surface area contributed by atoms with Crippen molar-refractivity contribution in [2.45, 2.75) is 51.7 Å². The van der Waals surface area contributed by atoms with E-state index in [2.05, 4.69) is 80.2 Å². The van der Waals surface area contributed by atoms with E-state index in [1.807, 2.05) is 18.2 Å².